The molecule has 0 bridgehead atoms. The van der Waals surface area contributed by atoms with Crippen molar-refractivity contribution in [1.82, 2.24) is 5.32 Å². The maximum absolute atomic E-state index is 11.7. The Hall–Kier alpha value is -0.870. The minimum atomic E-state index is 0.0183. The minimum Gasteiger partial charge on any atom is -0.348 e. The molecule has 14 heavy (non-hydrogen) atoms. The summed E-state index contributed by atoms with van der Waals surface area (Å²) >= 11 is 1.65. The van der Waals surface area contributed by atoms with Gasteiger partial charge < -0.3 is 11.1 Å². The Kier molecular flexibility index (Phi) is 2.33. The average molecular weight is 210 g/mol. The van der Waals surface area contributed by atoms with Crippen LogP contribution in [0.1, 0.15) is 26.5 Å². The second-order valence-corrected chi connectivity index (χ2v) is 5.27. The number of hydrogen-bond donors (Lipinski definition) is 2. The van der Waals surface area contributed by atoms with Crippen LogP contribution in [0.4, 0.5) is 0 Å². The first kappa shape index (κ1) is 9.68. The van der Waals surface area contributed by atoms with E-state index in [1.165, 1.54) is 4.88 Å². The number of amides is 1. The van der Waals surface area contributed by atoms with Gasteiger partial charge in [0, 0.05) is 21.8 Å². The zero-order chi connectivity index (χ0) is 10.3. The van der Waals surface area contributed by atoms with E-state index in [1.807, 2.05) is 19.9 Å². The number of carbonyl (C=O) groups excluding carboxylic acids is 1. The van der Waals surface area contributed by atoms with Crippen molar-refractivity contribution >= 4 is 17.2 Å². The zero-order valence-corrected chi connectivity index (χ0v) is 9.15. The van der Waals surface area contributed by atoms with Crippen molar-refractivity contribution in [3.05, 3.63) is 21.4 Å². The highest BCUT2D eigenvalue weighted by atomic mass is 32.1. The van der Waals surface area contributed by atoms with Gasteiger partial charge in [-0.2, -0.15) is 0 Å². The third-order valence-electron chi connectivity index (χ3n) is 2.44. The molecule has 1 amide bonds. The van der Waals surface area contributed by atoms with Crippen molar-refractivity contribution in [2.75, 3.05) is 0 Å². The molecule has 0 aromatic carbocycles. The molecule has 2 atom stereocenters. The van der Waals surface area contributed by atoms with E-state index < -0.39 is 0 Å². The van der Waals surface area contributed by atoms with Gasteiger partial charge in [0.05, 0.1) is 5.56 Å². The molecule has 3 N–H and O–H groups in total. The van der Waals surface area contributed by atoms with Crippen LogP contribution in [0.25, 0.3) is 0 Å². The fraction of sp³-hybridized carbons (Fsp3) is 0.500. The third-order valence-corrected chi connectivity index (χ3v) is 3.41. The highest BCUT2D eigenvalue weighted by Gasteiger charge is 2.35. The molecule has 0 saturated heterocycles. The van der Waals surface area contributed by atoms with Crippen LogP contribution in [-0.4, -0.2) is 18.0 Å². The lowest BCUT2D eigenvalue weighted by atomic mass is 10.2. The Bertz CT molecular complexity index is 372. The molecule has 0 radical (unpaired) electrons. The summed E-state index contributed by atoms with van der Waals surface area (Å²) in [6, 6.07) is 2.30. The number of aryl methyl sites for hydroxylation is 2. The SMILES string of the molecule is Cc1cc(C(=O)NC2CC2N)c(C)s1. The topological polar surface area (TPSA) is 55.1 Å². The molecule has 3 nitrogen and oxygen atoms in total. The third kappa shape index (κ3) is 1.81. The molecule has 1 aliphatic rings. The lowest BCUT2D eigenvalue weighted by Crippen LogP contribution is -2.29. The maximum Gasteiger partial charge on any atom is 0.252 e. The molecule has 1 aromatic rings. The van der Waals surface area contributed by atoms with Gasteiger partial charge in [-0.3, -0.25) is 4.79 Å². The van der Waals surface area contributed by atoms with Crippen LogP contribution in [0, 0.1) is 13.8 Å². The first-order valence-electron chi connectivity index (χ1n) is 4.71. The summed E-state index contributed by atoms with van der Waals surface area (Å²) in [6.07, 6.45) is 0.911. The standard InChI is InChI=1S/C10H14N2OS/c1-5-3-7(6(2)14-5)10(13)12-9-4-8(9)11/h3,8-9H,4,11H2,1-2H3,(H,12,13). The van der Waals surface area contributed by atoms with E-state index >= 15 is 0 Å². The van der Waals surface area contributed by atoms with Gasteiger partial charge in [0.2, 0.25) is 0 Å². The van der Waals surface area contributed by atoms with Crippen LogP contribution in [0.2, 0.25) is 0 Å². The van der Waals surface area contributed by atoms with Crippen LogP contribution in [-0.2, 0) is 0 Å². The number of carbonyl (C=O) groups is 1. The monoisotopic (exact) mass is 210 g/mol. The lowest BCUT2D eigenvalue weighted by Gasteiger charge is -2.01. The van der Waals surface area contributed by atoms with Gasteiger partial charge in [-0.1, -0.05) is 0 Å². The average Bonchev–Trinajstić information content (AvgIpc) is 2.64. The quantitative estimate of drug-likeness (QED) is 0.770. The first-order chi connectivity index (χ1) is 6.58. The van der Waals surface area contributed by atoms with E-state index in [4.69, 9.17) is 5.73 Å². The van der Waals surface area contributed by atoms with E-state index in [-0.39, 0.29) is 18.0 Å². The summed E-state index contributed by atoms with van der Waals surface area (Å²) in [7, 11) is 0. The van der Waals surface area contributed by atoms with Crippen LogP contribution in [0.5, 0.6) is 0 Å². The summed E-state index contributed by atoms with van der Waals surface area (Å²) in [4.78, 5) is 14.0. The first-order valence-corrected chi connectivity index (χ1v) is 5.53. The number of nitrogens with one attached hydrogen (secondary N) is 1. The van der Waals surface area contributed by atoms with Crippen LogP contribution in [0.15, 0.2) is 6.07 Å². The molecule has 1 fully saturated rings. The van der Waals surface area contributed by atoms with Gasteiger partial charge in [-0.05, 0) is 26.3 Å². The molecule has 1 saturated carbocycles. The molecule has 0 aliphatic heterocycles. The normalized spacial score (nSPS) is 24.8. The van der Waals surface area contributed by atoms with Gasteiger partial charge >= 0.3 is 0 Å². The molecule has 1 heterocycles. The summed E-state index contributed by atoms with van der Waals surface area (Å²) in [5, 5.41) is 2.92. The fourth-order valence-electron chi connectivity index (χ4n) is 1.48. The Balaban J connectivity index is 2.07. The van der Waals surface area contributed by atoms with Crippen molar-refractivity contribution < 1.29 is 4.79 Å². The number of rotatable bonds is 2. The largest absolute Gasteiger partial charge is 0.348 e. The molecular formula is C10H14N2OS. The van der Waals surface area contributed by atoms with Crippen LogP contribution >= 0.6 is 11.3 Å². The molecule has 0 spiro atoms. The summed E-state index contributed by atoms with van der Waals surface area (Å²) in [5.41, 5.74) is 6.42. The molecular weight excluding hydrogens is 196 g/mol. The zero-order valence-electron chi connectivity index (χ0n) is 8.33. The van der Waals surface area contributed by atoms with Gasteiger partial charge in [0.15, 0.2) is 0 Å². The summed E-state index contributed by atoms with van der Waals surface area (Å²) < 4.78 is 0. The molecule has 2 unspecified atom stereocenters. The highest BCUT2D eigenvalue weighted by Crippen LogP contribution is 2.23. The van der Waals surface area contributed by atoms with E-state index in [9.17, 15) is 4.79 Å². The van der Waals surface area contributed by atoms with Crippen LogP contribution in [0.3, 0.4) is 0 Å². The van der Waals surface area contributed by atoms with Gasteiger partial charge in [-0.15, -0.1) is 11.3 Å². The maximum atomic E-state index is 11.7. The minimum absolute atomic E-state index is 0.0183. The number of hydrogen-bond acceptors (Lipinski definition) is 3. The predicted molar refractivity (Wildman–Crippen MR) is 57.6 cm³/mol. The summed E-state index contributed by atoms with van der Waals surface area (Å²) in [5.74, 6) is 0.0183. The molecule has 1 aliphatic carbocycles. The lowest BCUT2D eigenvalue weighted by molar-refractivity contribution is 0.0950. The van der Waals surface area contributed by atoms with Crippen LogP contribution < -0.4 is 11.1 Å². The van der Waals surface area contributed by atoms with Crippen molar-refractivity contribution in [2.45, 2.75) is 32.4 Å². The van der Waals surface area contributed by atoms with E-state index in [2.05, 4.69) is 5.32 Å². The smallest absolute Gasteiger partial charge is 0.252 e. The van der Waals surface area contributed by atoms with Crippen molar-refractivity contribution in [3.8, 4) is 0 Å². The Morgan fingerprint density at radius 3 is 2.71 bits per heavy atom. The molecule has 2 rings (SSSR count). The van der Waals surface area contributed by atoms with Gasteiger partial charge in [-0.25, -0.2) is 0 Å². The predicted octanol–water partition coefficient (Wildman–Crippen LogP) is 1.19. The van der Waals surface area contributed by atoms with Crippen molar-refractivity contribution in [2.24, 2.45) is 5.73 Å². The van der Waals surface area contributed by atoms with Crippen molar-refractivity contribution in [3.63, 3.8) is 0 Å². The number of thiophene rings is 1. The van der Waals surface area contributed by atoms with E-state index in [1.54, 1.807) is 11.3 Å². The second-order valence-electron chi connectivity index (χ2n) is 3.81. The van der Waals surface area contributed by atoms with Gasteiger partial charge in [0.1, 0.15) is 0 Å². The van der Waals surface area contributed by atoms with E-state index in [0.717, 1.165) is 16.9 Å². The molecule has 4 heteroatoms. The summed E-state index contributed by atoms with van der Waals surface area (Å²) in [6.45, 7) is 3.98. The fourth-order valence-corrected chi connectivity index (χ4v) is 2.40. The Labute approximate surface area is 87.3 Å². The number of nitrogens with two attached hydrogens (primary N) is 1. The Morgan fingerprint density at radius 2 is 2.29 bits per heavy atom. The molecule has 1 aromatic heterocycles. The van der Waals surface area contributed by atoms with E-state index in [0.29, 0.717) is 0 Å². The van der Waals surface area contributed by atoms with Crippen molar-refractivity contribution in [1.29, 1.82) is 0 Å². The Morgan fingerprint density at radius 1 is 1.64 bits per heavy atom. The second kappa shape index (κ2) is 3.37. The van der Waals surface area contributed by atoms with Gasteiger partial charge in [0.25, 0.3) is 5.91 Å². The highest BCUT2D eigenvalue weighted by molar-refractivity contribution is 7.12. The molecule has 76 valence electrons.